The van der Waals surface area contributed by atoms with Gasteiger partial charge in [-0.3, -0.25) is 4.79 Å². The zero-order valence-electron chi connectivity index (χ0n) is 17.4. The van der Waals surface area contributed by atoms with Gasteiger partial charge in [0.2, 0.25) is 0 Å². The van der Waals surface area contributed by atoms with Crippen molar-refractivity contribution in [3.8, 4) is 5.75 Å². The van der Waals surface area contributed by atoms with Gasteiger partial charge in [-0.15, -0.1) is 0 Å². The lowest BCUT2D eigenvalue weighted by molar-refractivity contribution is 0.0950. The Kier molecular flexibility index (Phi) is 6.62. The predicted molar refractivity (Wildman–Crippen MR) is 117 cm³/mol. The highest BCUT2D eigenvalue weighted by molar-refractivity contribution is 5.97. The summed E-state index contributed by atoms with van der Waals surface area (Å²) in [5, 5.41) is 4.06. The highest BCUT2D eigenvalue weighted by Gasteiger charge is 2.13. The molecule has 0 aliphatic heterocycles. The molecule has 0 aliphatic carbocycles. The van der Waals surface area contributed by atoms with E-state index in [9.17, 15) is 9.18 Å². The molecular weight excluding hydrogens is 379 g/mol. The normalized spacial score (nSPS) is 11.5. The SMILES string of the molecule is CC(C)(C)c1ccc(/C=N/NC(=O)c2ccccc2OCc2ccc(F)cc2)cc1. The fraction of sp³-hybridized carbons (Fsp3) is 0.200. The number of carbonyl (C=O) groups excluding carboxylic acids is 1. The molecule has 5 heteroatoms. The van der Waals surface area contributed by atoms with Crippen molar-refractivity contribution in [3.63, 3.8) is 0 Å². The first-order valence-corrected chi connectivity index (χ1v) is 9.73. The summed E-state index contributed by atoms with van der Waals surface area (Å²) in [6, 6.07) is 21.0. The zero-order valence-corrected chi connectivity index (χ0v) is 17.4. The van der Waals surface area contributed by atoms with Gasteiger partial charge in [0.05, 0.1) is 11.8 Å². The van der Waals surface area contributed by atoms with Crippen molar-refractivity contribution in [2.75, 3.05) is 0 Å². The number of carbonyl (C=O) groups is 1. The van der Waals surface area contributed by atoms with Crippen molar-refractivity contribution in [2.45, 2.75) is 32.8 Å². The van der Waals surface area contributed by atoms with Crippen molar-refractivity contribution >= 4 is 12.1 Å². The van der Waals surface area contributed by atoms with Crippen LogP contribution in [0.3, 0.4) is 0 Å². The van der Waals surface area contributed by atoms with Crippen LogP contribution in [0.15, 0.2) is 77.9 Å². The van der Waals surface area contributed by atoms with Crippen LogP contribution in [-0.2, 0) is 12.0 Å². The summed E-state index contributed by atoms with van der Waals surface area (Å²) >= 11 is 0. The number of hydrogen-bond acceptors (Lipinski definition) is 3. The van der Waals surface area contributed by atoms with Crippen molar-refractivity contribution in [1.82, 2.24) is 5.43 Å². The summed E-state index contributed by atoms with van der Waals surface area (Å²) in [5.41, 5.74) is 5.93. The van der Waals surface area contributed by atoms with Crippen LogP contribution in [0.2, 0.25) is 0 Å². The minimum absolute atomic E-state index is 0.0848. The molecule has 0 radical (unpaired) electrons. The maximum atomic E-state index is 13.0. The number of para-hydroxylation sites is 1. The van der Waals surface area contributed by atoms with Gasteiger partial charge in [0.25, 0.3) is 5.91 Å². The van der Waals surface area contributed by atoms with E-state index in [1.165, 1.54) is 17.7 Å². The van der Waals surface area contributed by atoms with E-state index in [1.54, 1.807) is 42.6 Å². The Balaban J connectivity index is 1.62. The molecule has 1 amide bonds. The number of amides is 1. The molecule has 0 fully saturated rings. The molecule has 0 saturated heterocycles. The number of benzene rings is 3. The number of nitrogens with one attached hydrogen (secondary N) is 1. The average Bonchev–Trinajstić information content (AvgIpc) is 2.73. The standard InChI is InChI=1S/C25H25FN2O2/c1-25(2,3)20-12-8-18(9-13-20)16-27-28-24(29)22-6-4-5-7-23(22)30-17-19-10-14-21(26)15-11-19/h4-16H,17H2,1-3H3,(H,28,29)/b27-16+. The van der Waals surface area contributed by atoms with Crippen LogP contribution in [0.25, 0.3) is 0 Å². The van der Waals surface area contributed by atoms with Gasteiger partial charge in [0, 0.05) is 0 Å². The van der Waals surface area contributed by atoms with Crippen LogP contribution < -0.4 is 10.2 Å². The quantitative estimate of drug-likeness (QED) is 0.438. The van der Waals surface area contributed by atoms with Gasteiger partial charge in [-0.2, -0.15) is 5.10 Å². The molecule has 30 heavy (non-hydrogen) atoms. The molecule has 3 aromatic rings. The van der Waals surface area contributed by atoms with Gasteiger partial charge in [-0.25, -0.2) is 9.82 Å². The molecule has 4 nitrogen and oxygen atoms in total. The molecular formula is C25H25FN2O2. The molecule has 1 N–H and O–H groups in total. The first-order valence-electron chi connectivity index (χ1n) is 9.73. The summed E-state index contributed by atoms with van der Waals surface area (Å²) in [7, 11) is 0. The maximum absolute atomic E-state index is 13.0. The summed E-state index contributed by atoms with van der Waals surface area (Å²) in [4.78, 5) is 12.5. The van der Waals surface area contributed by atoms with Gasteiger partial charge in [-0.1, -0.05) is 69.3 Å². The van der Waals surface area contributed by atoms with Crippen LogP contribution in [0.5, 0.6) is 5.75 Å². The Morgan fingerprint density at radius 1 is 1.00 bits per heavy atom. The molecule has 3 rings (SSSR count). The van der Waals surface area contributed by atoms with Crippen molar-refractivity contribution in [1.29, 1.82) is 0 Å². The second-order valence-electron chi connectivity index (χ2n) is 7.98. The Morgan fingerprint density at radius 2 is 1.67 bits per heavy atom. The molecule has 3 aromatic carbocycles. The third kappa shape index (κ3) is 5.77. The third-order valence-electron chi connectivity index (χ3n) is 4.60. The van der Waals surface area contributed by atoms with Gasteiger partial charge in [-0.05, 0) is 46.4 Å². The Bertz CT molecular complexity index is 1020. The van der Waals surface area contributed by atoms with Gasteiger partial charge < -0.3 is 4.74 Å². The van der Waals surface area contributed by atoms with Crippen molar-refractivity contribution in [3.05, 3.63) is 101 Å². The second-order valence-corrected chi connectivity index (χ2v) is 7.98. The van der Waals surface area contributed by atoms with Crippen LogP contribution in [0.4, 0.5) is 4.39 Å². The van der Waals surface area contributed by atoms with Crippen molar-refractivity contribution in [2.24, 2.45) is 5.10 Å². The minimum atomic E-state index is -0.368. The Morgan fingerprint density at radius 3 is 2.33 bits per heavy atom. The van der Waals surface area contributed by atoms with Crippen LogP contribution in [-0.4, -0.2) is 12.1 Å². The lowest BCUT2D eigenvalue weighted by atomic mass is 9.87. The minimum Gasteiger partial charge on any atom is -0.488 e. The first-order chi connectivity index (χ1) is 14.3. The second kappa shape index (κ2) is 9.35. The lowest BCUT2D eigenvalue weighted by Crippen LogP contribution is -2.18. The number of nitrogens with zero attached hydrogens (tertiary/aromatic N) is 1. The number of ether oxygens (including phenoxy) is 1. The molecule has 0 atom stereocenters. The summed E-state index contributed by atoms with van der Waals surface area (Å²) in [6.45, 7) is 6.71. The number of halogens is 1. The van der Waals surface area contributed by atoms with Gasteiger partial charge in [0.1, 0.15) is 18.2 Å². The average molecular weight is 404 g/mol. The fourth-order valence-corrected chi connectivity index (χ4v) is 2.82. The van der Waals surface area contributed by atoms with Gasteiger partial charge >= 0.3 is 0 Å². The molecule has 0 spiro atoms. The number of hydrogen-bond donors (Lipinski definition) is 1. The van der Waals surface area contributed by atoms with Crippen LogP contribution in [0.1, 0.15) is 47.8 Å². The summed E-state index contributed by atoms with van der Waals surface area (Å²) in [6.07, 6.45) is 1.60. The summed E-state index contributed by atoms with van der Waals surface area (Å²) < 4.78 is 18.8. The smallest absolute Gasteiger partial charge is 0.275 e. The van der Waals surface area contributed by atoms with Gasteiger partial charge in [0.15, 0.2) is 0 Å². The molecule has 0 unspecified atom stereocenters. The molecule has 0 aromatic heterocycles. The maximum Gasteiger partial charge on any atom is 0.275 e. The highest BCUT2D eigenvalue weighted by Crippen LogP contribution is 2.22. The Hall–Kier alpha value is -3.47. The highest BCUT2D eigenvalue weighted by atomic mass is 19.1. The molecule has 0 bridgehead atoms. The van der Waals surface area contributed by atoms with E-state index in [4.69, 9.17) is 4.74 Å². The molecule has 154 valence electrons. The topological polar surface area (TPSA) is 50.7 Å². The molecule has 0 heterocycles. The Labute approximate surface area is 176 Å². The predicted octanol–water partition coefficient (Wildman–Crippen LogP) is 5.47. The van der Waals surface area contributed by atoms with Crippen LogP contribution in [0, 0.1) is 5.82 Å². The van der Waals surface area contributed by atoms with E-state index in [0.717, 1.165) is 11.1 Å². The van der Waals surface area contributed by atoms with E-state index < -0.39 is 0 Å². The van der Waals surface area contributed by atoms with E-state index >= 15 is 0 Å². The van der Waals surface area contributed by atoms with E-state index in [-0.39, 0.29) is 23.7 Å². The molecule has 0 aliphatic rings. The monoisotopic (exact) mass is 404 g/mol. The van der Waals surface area contributed by atoms with Crippen LogP contribution >= 0.6 is 0 Å². The van der Waals surface area contributed by atoms with E-state index in [2.05, 4.69) is 43.4 Å². The molecule has 0 saturated carbocycles. The van der Waals surface area contributed by atoms with E-state index in [1.807, 2.05) is 12.1 Å². The fourth-order valence-electron chi connectivity index (χ4n) is 2.82. The lowest BCUT2D eigenvalue weighted by Gasteiger charge is -2.18. The first kappa shape index (κ1) is 21.2. The third-order valence-corrected chi connectivity index (χ3v) is 4.60. The number of hydrazone groups is 1. The number of rotatable bonds is 6. The van der Waals surface area contributed by atoms with E-state index in [0.29, 0.717) is 11.3 Å². The summed E-state index contributed by atoms with van der Waals surface area (Å²) in [5.74, 6) is -0.235. The van der Waals surface area contributed by atoms with Crippen molar-refractivity contribution < 1.29 is 13.9 Å². The largest absolute Gasteiger partial charge is 0.488 e. The zero-order chi connectivity index (χ0) is 21.6.